The summed E-state index contributed by atoms with van der Waals surface area (Å²) < 4.78 is 0. The zero-order valence-corrected chi connectivity index (χ0v) is 9.92. The van der Waals surface area contributed by atoms with Crippen molar-refractivity contribution in [2.75, 3.05) is 0 Å². The van der Waals surface area contributed by atoms with Gasteiger partial charge in [-0.25, -0.2) is 10.8 Å². The molecule has 0 radical (unpaired) electrons. The van der Waals surface area contributed by atoms with Crippen molar-refractivity contribution < 1.29 is 4.79 Å². The molecule has 0 saturated carbocycles. The number of nitrogen functional groups attached to an aromatic ring is 1. The van der Waals surface area contributed by atoms with Crippen molar-refractivity contribution in [3.8, 4) is 11.4 Å². The minimum Gasteiger partial charge on any atom is -0.338 e. The van der Waals surface area contributed by atoms with Gasteiger partial charge in [0, 0.05) is 18.0 Å². The third kappa shape index (κ3) is 1.94. The van der Waals surface area contributed by atoms with Crippen LogP contribution < -0.4 is 11.3 Å². The zero-order valence-electron chi connectivity index (χ0n) is 9.92. The molecule has 0 aliphatic rings. The van der Waals surface area contributed by atoms with Gasteiger partial charge in [-0.05, 0) is 24.3 Å². The minimum absolute atomic E-state index is 0.363. The lowest BCUT2D eigenvalue weighted by molar-refractivity contribution is 0.0955. The van der Waals surface area contributed by atoms with Crippen molar-refractivity contribution >= 4 is 16.9 Å². The SMILES string of the molecule is NNC(=O)c1cccc2[nH]c(-c3ccncc3)nc12. The second kappa shape index (κ2) is 4.51. The Morgan fingerprint density at radius 3 is 2.74 bits per heavy atom. The summed E-state index contributed by atoms with van der Waals surface area (Å²) in [5.74, 6) is 5.49. The maximum absolute atomic E-state index is 11.7. The Morgan fingerprint density at radius 1 is 1.21 bits per heavy atom. The maximum Gasteiger partial charge on any atom is 0.267 e. The Balaban J connectivity index is 2.19. The highest BCUT2D eigenvalue weighted by molar-refractivity contribution is 6.05. The van der Waals surface area contributed by atoms with E-state index in [4.69, 9.17) is 5.84 Å². The van der Waals surface area contributed by atoms with Crippen molar-refractivity contribution in [1.29, 1.82) is 0 Å². The van der Waals surface area contributed by atoms with Crippen LogP contribution in [0.25, 0.3) is 22.4 Å². The molecule has 2 heterocycles. The van der Waals surface area contributed by atoms with Crippen LogP contribution in [0.2, 0.25) is 0 Å². The van der Waals surface area contributed by atoms with Gasteiger partial charge in [0.1, 0.15) is 11.3 Å². The normalized spacial score (nSPS) is 10.6. The van der Waals surface area contributed by atoms with Gasteiger partial charge in [-0.1, -0.05) is 6.07 Å². The lowest BCUT2D eigenvalue weighted by Gasteiger charge is -1.99. The van der Waals surface area contributed by atoms with Gasteiger partial charge in [-0.2, -0.15) is 0 Å². The van der Waals surface area contributed by atoms with Crippen LogP contribution in [0.5, 0.6) is 0 Å². The van der Waals surface area contributed by atoms with Crippen LogP contribution in [0, 0.1) is 0 Å². The number of H-pyrrole nitrogens is 1. The fraction of sp³-hybridized carbons (Fsp3) is 0. The Kier molecular flexibility index (Phi) is 2.70. The van der Waals surface area contributed by atoms with E-state index in [0.717, 1.165) is 11.1 Å². The van der Waals surface area contributed by atoms with Gasteiger partial charge in [0.25, 0.3) is 5.91 Å². The predicted octanol–water partition coefficient (Wildman–Crippen LogP) is 1.23. The predicted molar refractivity (Wildman–Crippen MR) is 71.0 cm³/mol. The number of nitrogens with two attached hydrogens (primary N) is 1. The fourth-order valence-corrected chi connectivity index (χ4v) is 1.94. The standard InChI is InChI=1S/C13H11N5O/c14-18-13(19)9-2-1-3-10-11(9)17-12(16-10)8-4-6-15-7-5-8/h1-7H,14H2,(H,16,17)(H,18,19). The summed E-state index contributed by atoms with van der Waals surface area (Å²) in [6, 6.07) is 9.02. The topological polar surface area (TPSA) is 96.7 Å². The van der Waals surface area contributed by atoms with E-state index in [2.05, 4.69) is 20.4 Å². The number of benzene rings is 1. The number of nitrogens with zero attached hydrogens (tertiary/aromatic N) is 2. The largest absolute Gasteiger partial charge is 0.338 e. The van der Waals surface area contributed by atoms with E-state index in [-0.39, 0.29) is 5.91 Å². The summed E-state index contributed by atoms with van der Waals surface area (Å²) in [4.78, 5) is 23.3. The molecule has 3 aromatic rings. The average molecular weight is 253 g/mol. The van der Waals surface area contributed by atoms with E-state index < -0.39 is 0 Å². The molecule has 94 valence electrons. The van der Waals surface area contributed by atoms with Gasteiger partial charge in [0.05, 0.1) is 11.1 Å². The third-order valence-electron chi connectivity index (χ3n) is 2.84. The highest BCUT2D eigenvalue weighted by atomic mass is 16.2. The highest BCUT2D eigenvalue weighted by Gasteiger charge is 2.13. The van der Waals surface area contributed by atoms with Gasteiger partial charge in [-0.3, -0.25) is 15.2 Å². The summed E-state index contributed by atoms with van der Waals surface area (Å²) in [5, 5.41) is 0. The molecule has 1 amide bonds. The Morgan fingerprint density at radius 2 is 2.00 bits per heavy atom. The van der Waals surface area contributed by atoms with Gasteiger partial charge < -0.3 is 4.98 Å². The maximum atomic E-state index is 11.7. The Labute approximate surface area is 108 Å². The van der Waals surface area contributed by atoms with Crippen LogP contribution in [0.15, 0.2) is 42.7 Å². The number of hydrogen-bond donors (Lipinski definition) is 3. The lowest BCUT2D eigenvalue weighted by atomic mass is 10.2. The molecule has 6 nitrogen and oxygen atoms in total. The second-order valence-electron chi connectivity index (χ2n) is 4.00. The summed E-state index contributed by atoms with van der Waals surface area (Å²) in [5.41, 5.74) is 4.85. The first-order valence-electron chi connectivity index (χ1n) is 5.69. The van der Waals surface area contributed by atoms with E-state index in [0.29, 0.717) is 16.9 Å². The number of hydrogen-bond acceptors (Lipinski definition) is 4. The second-order valence-corrected chi connectivity index (χ2v) is 4.00. The number of nitrogens with one attached hydrogen (secondary N) is 2. The van der Waals surface area contributed by atoms with E-state index in [1.807, 2.05) is 18.2 Å². The van der Waals surface area contributed by atoms with Crippen LogP contribution in [-0.4, -0.2) is 20.9 Å². The lowest BCUT2D eigenvalue weighted by Crippen LogP contribution is -2.30. The number of para-hydroxylation sites is 1. The summed E-state index contributed by atoms with van der Waals surface area (Å²) in [6.45, 7) is 0. The molecule has 0 bridgehead atoms. The van der Waals surface area contributed by atoms with Crippen LogP contribution >= 0.6 is 0 Å². The van der Waals surface area contributed by atoms with Gasteiger partial charge >= 0.3 is 0 Å². The molecule has 0 spiro atoms. The smallest absolute Gasteiger partial charge is 0.267 e. The number of aromatic nitrogens is 3. The van der Waals surface area contributed by atoms with E-state index in [1.165, 1.54) is 0 Å². The Bertz CT molecular complexity index is 735. The molecular formula is C13H11N5O. The molecule has 0 atom stereocenters. The Hall–Kier alpha value is -2.73. The third-order valence-corrected chi connectivity index (χ3v) is 2.84. The molecular weight excluding hydrogens is 242 g/mol. The summed E-state index contributed by atoms with van der Waals surface area (Å²) >= 11 is 0. The quantitative estimate of drug-likeness (QED) is 0.363. The average Bonchev–Trinajstić information content (AvgIpc) is 2.91. The van der Waals surface area contributed by atoms with Crippen molar-refractivity contribution in [3.05, 3.63) is 48.3 Å². The van der Waals surface area contributed by atoms with Gasteiger partial charge in [0.15, 0.2) is 0 Å². The molecule has 4 N–H and O–H groups in total. The summed E-state index contributed by atoms with van der Waals surface area (Å²) in [7, 11) is 0. The number of carbonyl (C=O) groups excluding carboxylic acids is 1. The van der Waals surface area contributed by atoms with E-state index in [1.54, 1.807) is 24.5 Å². The molecule has 0 saturated heterocycles. The van der Waals surface area contributed by atoms with Crippen LogP contribution in [-0.2, 0) is 0 Å². The molecule has 1 aromatic carbocycles. The van der Waals surface area contributed by atoms with Crippen LogP contribution in [0.1, 0.15) is 10.4 Å². The van der Waals surface area contributed by atoms with Crippen molar-refractivity contribution in [2.45, 2.75) is 0 Å². The number of imidazole rings is 1. The number of rotatable bonds is 2. The van der Waals surface area contributed by atoms with Crippen LogP contribution in [0.4, 0.5) is 0 Å². The first-order chi connectivity index (χ1) is 9.29. The number of hydrazine groups is 1. The van der Waals surface area contributed by atoms with Gasteiger partial charge in [-0.15, -0.1) is 0 Å². The molecule has 2 aromatic heterocycles. The van der Waals surface area contributed by atoms with Crippen molar-refractivity contribution in [3.63, 3.8) is 0 Å². The fourth-order valence-electron chi connectivity index (χ4n) is 1.94. The summed E-state index contributed by atoms with van der Waals surface area (Å²) in [6.07, 6.45) is 3.38. The number of fused-ring (bicyclic) bond motifs is 1. The molecule has 0 aliphatic carbocycles. The molecule has 3 rings (SSSR count). The van der Waals surface area contributed by atoms with Crippen LogP contribution in [0.3, 0.4) is 0 Å². The first kappa shape index (κ1) is 11.4. The van der Waals surface area contributed by atoms with Gasteiger partial charge in [0.2, 0.25) is 0 Å². The van der Waals surface area contributed by atoms with E-state index in [9.17, 15) is 4.79 Å². The van der Waals surface area contributed by atoms with Crippen molar-refractivity contribution in [1.82, 2.24) is 20.4 Å². The number of pyridine rings is 1. The highest BCUT2D eigenvalue weighted by Crippen LogP contribution is 2.22. The number of amides is 1. The molecule has 0 aliphatic heterocycles. The number of carbonyl (C=O) groups is 1. The molecule has 0 fully saturated rings. The number of aromatic amines is 1. The van der Waals surface area contributed by atoms with Crippen molar-refractivity contribution in [2.24, 2.45) is 5.84 Å². The zero-order chi connectivity index (χ0) is 13.2. The first-order valence-corrected chi connectivity index (χ1v) is 5.69. The monoisotopic (exact) mass is 253 g/mol. The molecule has 19 heavy (non-hydrogen) atoms. The minimum atomic E-state index is -0.363. The molecule has 6 heteroatoms. The van der Waals surface area contributed by atoms with E-state index >= 15 is 0 Å². The molecule has 0 unspecified atom stereocenters.